The van der Waals surface area contributed by atoms with Crippen LogP contribution >= 0.6 is 28.1 Å². The minimum Gasteiger partial charge on any atom is -0.346 e. The van der Waals surface area contributed by atoms with Crippen molar-refractivity contribution in [2.24, 2.45) is 5.92 Å². The summed E-state index contributed by atoms with van der Waals surface area (Å²) in [7, 11) is 0. The van der Waals surface area contributed by atoms with Crippen LogP contribution in [0.15, 0.2) is 4.47 Å². The highest BCUT2D eigenvalue weighted by atomic mass is 79.9. The number of hydrogen-bond acceptors (Lipinski definition) is 3. The summed E-state index contributed by atoms with van der Waals surface area (Å²) >= 11 is 8.87. The van der Waals surface area contributed by atoms with E-state index in [1.54, 1.807) is 0 Å². The predicted molar refractivity (Wildman–Crippen MR) is 87.2 cm³/mol. The van der Waals surface area contributed by atoms with Crippen molar-refractivity contribution in [1.29, 1.82) is 0 Å². The number of halogens is 1. The van der Waals surface area contributed by atoms with Crippen LogP contribution < -0.4 is 0 Å². The largest absolute Gasteiger partial charge is 0.346 e. The number of nitrogens with zero attached hydrogens (tertiary/aromatic N) is 2. The van der Waals surface area contributed by atoms with Crippen LogP contribution in [0, 0.1) is 10.6 Å². The van der Waals surface area contributed by atoms with Gasteiger partial charge in [0.05, 0.1) is 4.47 Å². The summed E-state index contributed by atoms with van der Waals surface area (Å²) in [6.45, 7) is 12.0. The van der Waals surface area contributed by atoms with Gasteiger partial charge in [0.2, 0.25) is 0 Å². The van der Waals surface area contributed by atoms with Gasteiger partial charge in [0.25, 0.3) is 0 Å². The van der Waals surface area contributed by atoms with E-state index in [1.807, 2.05) is 0 Å². The first-order valence-corrected chi connectivity index (χ1v) is 8.17. The number of nitrogens with one attached hydrogen (secondary N) is 1. The van der Waals surface area contributed by atoms with E-state index in [9.17, 15) is 0 Å². The molecule has 0 aromatic carbocycles. The lowest BCUT2D eigenvalue weighted by atomic mass is 10.1. The standard InChI is InChI=1S/C14H24BrN3S/c1-5-18(6-2)8-7-12-16-11(9-10(3)4)13(15)14(19)17-12/h10H,5-9H2,1-4H3,(H,16,17,19). The van der Waals surface area contributed by atoms with E-state index in [-0.39, 0.29) is 0 Å². The molecule has 3 nitrogen and oxygen atoms in total. The van der Waals surface area contributed by atoms with Crippen LogP contribution in [0.4, 0.5) is 0 Å². The molecule has 1 heterocycles. The van der Waals surface area contributed by atoms with E-state index in [1.165, 1.54) is 5.69 Å². The highest BCUT2D eigenvalue weighted by molar-refractivity contribution is 9.10. The Kier molecular flexibility index (Phi) is 7.18. The van der Waals surface area contributed by atoms with Crippen molar-refractivity contribution >= 4 is 28.1 Å². The lowest BCUT2D eigenvalue weighted by molar-refractivity contribution is 0.305. The SMILES string of the molecule is CCN(CC)CCc1nc(=S)c(Br)c(CC(C)C)[nH]1. The Bertz CT molecular complexity index is 452. The molecule has 0 radical (unpaired) electrons. The van der Waals surface area contributed by atoms with Crippen LogP contribution in [-0.2, 0) is 12.8 Å². The Hall–Kier alpha value is -0.260. The number of aromatic amines is 1. The third kappa shape index (κ3) is 5.32. The molecule has 0 aliphatic heterocycles. The zero-order valence-electron chi connectivity index (χ0n) is 12.3. The molecule has 0 saturated heterocycles. The van der Waals surface area contributed by atoms with Gasteiger partial charge >= 0.3 is 0 Å². The average molecular weight is 346 g/mol. The molecule has 108 valence electrons. The molecule has 0 spiro atoms. The van der Waals surface area contributed by atoms with Gasteiger partial charge in [-0.3, -0.25) is 0 Å². The van der Waals surface area contributed by atoms with Crippen LogP contribution in [0.3, 0.4) is 0 Å². The van der Waals surface area contributed by atoms with Crippen LogP contribution in [0.1, 0.15) is 39.2 Å². The first-order chi connectivity index (χ1) is 8.97. The van der Waals surface area contributed by atoms with Gasteiger partial charge in [-0.1, -0.05) is 39.9 Å². The van der Waals surface area contributed by atoms with Crippen molar-refractivity contribution in [2.75, 3.05) is 19.6 Å². The molecule has 0 aliphatic rings. The van der Waals surface area contributed by atoms with Gasteiger partial charge in [0.1, 0.15) is 10.5 Å². The summed E-state index contributed by atoms with van der Waals surface area (Å²) in [4.78, 5) is 10.3. The highest BCUT2D eigenvalue weighted by Crippen LogP contribution is 2.19. The van der Waals surface area contributed by atoms with Crippen molar-refractivity contribution in [3.8, 4) is 0 Å². The molecule has 1 aromatic heterocycles. The molecule has 5 heteroatoms. The van der Waals surface area contributed by atoms with E-state index in [4.69, 9.17) is 12.2 Å². The Labute approximate surface area is 130 Å². The molecule has 0 atom stereocenters. The van der Waals surface area contributed by atoms with E-state index in [0.717, 1.165) is 42.8 Å². The fourth-order valence-corrected chi connectivity index (χ4v) is 2.61. The summed E-state index contributed by atoms with van der Waals surface area (Å²) in [5.41, 5.74) is 1.17. The van der Waals surface area contributed by atoms with E-state index in [0.29, 0.717) is 10.6 Å². The summed E-state index contributed by atoms with van der Waals surface area (Å²) in [6.07, 6.45) is 1.91. The molecule has 0 aliphatic carbocycles. The number of aromatic nitrogens is 2. The van der Waals surface area contributed by atoms with Crippen LogP contribution in [-0.4, -0.2) is 34.5 Å². The summed E-state index contributed by atoms with van der Waals surface area (Å²) in [5.74, 6) is 1.59. The van der Waals surface area contributed by atoms with Gasteiger partial charge < -0.3 is 9.88 Å². The Morgan fingerprint density at radius 2 is 1.95 bits per heavy atom. The quantitative estimate of drug-likeness (QED) is 0.758. The maximum Gasteiger partial charge on any atom is 0.144 e. The molecule has 0 saturated carbocycles. The fraction of sp³-hybridized carbons (Fsp3) is 0.714. The van der Waals surface area contributed by atoms with Crippen LogP contribution in [0.2, 0.25) is 0 Å². The second-order valence-corrected chi connectivity index (χ2v) is 6.34. The molecule has 1 aromatic rings. The monoisotopic (exact) mass is 345 g/mol. The lowest BCUT2D eigenvalue weighted by Crippen LogP contribution is -2.26. The van der Waals surface area contributed by atoms with Crippen molar-refractivity contribution in [2.45, 2.75) is 40.5 Å². The number of rotatable bonds is 7. The summed E-state index contributed by atoms with van der Waals surface area (Å²) in [6, 6.07) is 0. The number of hydrogen-bond donors (Lipinski definition) is 1. The predicted octanol–water partition coefficient (Wildman–Crippen LogP) is 3.98. The number of H-pyrrole nitrogens is 1. The normalized spacial score (nSPS) is 11.5. The van der Waals surface area contributed by atoms with Gasteiger partial charge in [-0.15, -0.1) is 0 Å². The van der Waals surface area contributed by atoms with Crippen molar-refractivity contribution < 1.29 is 0 Å². The zero-order chi connectivity index (χ0) is 14.4. The van der Waals surface area contributed by atoms with Gasteiger partial charge in [0.15, 0.2) is 0 Å². The van der Waals surface area contributed by atoms with Crippen molar-refractivity contribution in [3.05, 3.63) is 20.6 Å². The second-order valence-electron chi connectivity index (χ2n) is 5.16. The Balaban J connectivity index is 2.85. The highest BCUT2D eigenvalue weighted by Gasteiger charge is 2.09. The van der Waals surface area contributed by atoms with E-state index < -0.39 is 0 Å². The molecule has 0 amide bonds. The summed E-state index contributed by atoms with van der Waals surface area (Å²) in [5, 5.41) is 0. The summed E-state index contributed by atoms with van der Waals surface area (Å²) < 4.78 is 1.62. The van der Waals surface area contributed by atoms with Gasteiger partial charge in [-0.25, -0.2) is 4.98 Å². The van der Waals surface area contributed by atoms with Crippen molar-refractivity contribution in [1.82, 2.24) is 14.9 Å². The Morgan fingerprint density at radius 1 is 1.32 bits per heavy atom. The second kappa shape index (κ2) is 8.12. The van der Waals surface area contributed by atoms with Crippen LogP contribution in [0.5, 0.6) is 0 Å². The molecule has 0 bridgehead atoms. The number of likely N-dealkylation sites (N-methyl/N-ethyl adjacent to an activating group) is 1. The van der Waals surface area contributed by atoms with Crippen molar-refractivity contribution in [3.63, 3.8) is 0 Å². The molecule has 0 fully saturated rings. The lowest BCUT2D eigenvalue weighted by Gasteiger charge is -2.18. The molecular formula is C14H24BrN3S. The fourth-order valence-electron chi connectivity index (χ4n) is 2.03. The maximum atomic E-state index is 5.33. The van der Waals surface area contributed by atoms with Crippen LogP contribution in [0.25, 0.3) is 0 Å². The van der Waals surface area contributed by atoms with Gasteiger partial charge in [-0.2, -0.15) is 0 Å². The first kappa shape index (κ1) is 16.8. The molecular weight excluding hydrogens is 322 g/mol. The smallest absolute Gasteiger partial charge is 0.144 e. The first-order valence-electron chi connectivity index (χ1n) is 6.97. The van der Waals surface area contributed by atoms with Gasteiger partial charge in [0, 0.05) is 18.7 Å². The molecule has 0 unspecified atom stereocenters. The average Bonchev–Trinajstić information content (AvgIpc) is 2.36. The molecule has 1 rings (SSSR count). The third-order valence-electron chi connectivity index (χ3n) is 3.16. The maximum absolute atomic E-state index is 5.33. The van der Waals surface area contributed by atoms with E-state index in [2.05, 4.69) is 58.5 Å². The minimum absolute atomic E-state index is 0.597. The minimum atomic E-state index is 0.597. The van der Waals surface area contributed by atoms with Gasteiger partial charge in [-0.05, 0) is 41.4 Å². The Morgan fingerprint density at radius 3 is 2.47 bits per heavy atom. The topological polar surface area (TPSA) is 31.9 Å². The third-order valence-corrected chi connectivity index (χ3v) is 4.57. The zero-order valence-corrected chi connectivity index (χ0v) is 14.7. The molecule has 1 N–H and O–H groups in total. The van der Waals surface area contributed by atoms with E-state index >= 15 is 0 Å². The molecule has 19 heavy (non-hydrogen) atoms.